The Morgan fingerprint density at radius 2 is 1.60 bits per heavy atom. The smallest absolute Gasteiger partial charge is 0.295 e. The van der Waals surface area contributed by atoms with Crippen LogP contribution in [0.15, 0.2) is 47.4 Å². The number of para-hydroxylation sites is 1. The molecule has 25 heavy (non-hydrogen) atoms. The second-order valence-electron chi connectivity index (χ2n) is 5.06. The van der Waals surface area contributed by atoms with Crippen LogP contribution in [0.2, 0.25) is 15.1 Å². The lowest BCUT2D eigenvalue weighted by Crippen LogP contribution is -2.33. The van der Waals surface area contributed by atoms with Crippen LogP contribution in [0.1, 0.15) is 5.56 Å². The minimum absolute atomic E-state index is 0.0159. The minimum atomic E-state index is -0.412. The van der Waals surface area contributed by atoms with Crippen molar-refractivity contribution in [3.05, 3.63) is 68.0 Å². The van der Waals surface area contributed by atoms with E-state index in [1.807, 2.05) is 0 Å². The standard InChI is InChI=1S/C17H11Cl3N2O2S/c18-11-5-3-6-12(19)10(11)8-15-16(23)22(17(24)25-15)9-21-14-7-2-1-4-13(14)20/h1-8,21H,9H2. The lowest BCUT2D eigenvalue weighted by Gasteiger charge is -2.15. The van der Waals surface area contributed by atoms with E-state index in [0.717, 1.165) is 16.7 Å². The van der Waals surface area contributed by atoms with E-state index in [4.69, 9.17) is 34.8 Å². The molecule has 4 nitrogen and oxygen atoms in total. The topological polar surface area (TPSA) is 49.4 Å². The van der Waals surface area contributed by atoms with Gasteiger partial charge in [0.05, 0.1) is 22.3 Å². The summed E-state index contributed by atoms with van der Waals surface area (Å²) in [6, 6.07) is 12.1. The van der Waals surface area contributed by atoms with Gasteiger partial charge in [0.25, 0.3) is 11.1 Å². The molecule has 0 aliphatic carbocycles. The lowest BCUT2D eigenvalue weighted by molar-refractivity contribution is -0.122. The van der Waals surface area contributed by atoms with Gasteiger partial charge in [0, 0.05) is 15.6 Å². The van der Waals surface area contributed by atoms with Crippen molar-refractivity contribution in [2.75, 3.05) is 12.0 Å². The Balaban J connectivity index is 1.78. The predicted octanol–water partition coefficient (Wildman–Crippen LogP) is 5.75. The molecule has 0 atom stereocenters. The number of carbonyl (C=O) groups is 2. The summed E-state index contributed by atoms with van der Waals surface area (Å²) in [5.74, 6) is -0.412. The Labute approximate surface area is 163 Å². The number of nitrogens with one attached hydrogen (secondary N) is 1. The molecule has 1 heterocycles. The SMILES string of the molecule is O=C1SC(=Cc2c(Cl)cccc2Cl)C(=O)N1CNc1ccccc1Cl. The molecule has 1 aliphatic heterocycles. The third kappa shape index (κ3) is 3.96. The van der Waals surface area contributed by atoms with Gasteiger partial charge in [-0.15, -0.1) is 0 Å². The molecule has 1 fully saturated rings. The number of imide groups is 1. The van der Waals surface area contributed by atoms with Gasteiger partial charge < -0.3 is 5.32 Å². The van der Waals surface area contributed by atoms with Crippen molar-refractivity contribution < 1.29 is 9.59 Å². The monoisotopic (exact) mass is 412 g/mol. The highest BCUT2D eigenvalue weighted by atomic mass is 35.5. The third-order valence-electron chi connectivity index (χ3n) is 3.45. The Kier molecular flexibility index (Phi) is 5.59. The first-order valence-corrected chi connectivity index (χ1v) is 9.10. The zero-order valence-electron chi connectivity index (χ0n) is 12.6. The van der Waals surface area contributed by atoms with E-state index in [1.54, 1.807) is 42.5 Å². The number of halogens is 3. The fraction of sp³-hybridized carbons (Fsp3) is 0.0588. The fourth-order valence-electron chi connectivity index (χ4n) is 2.18. The van der Waals surface area contributed by atoms with Crippen LogP contribution >= 0.6 is 46.6 Å². The molecule has 1 aliphatic rings. The second-order valence-corrected chi connectivity index (χ2v) is 7.27. The molecule has 128 valence electrons. The van der Waals surface area contributed by atoms with Crippen LogP contribution in [0.25, 0.3) is 6.08 Å². The molecule has 0 bridgehead atoms. The normalized spacial score (nSPS) is 16.0. The highest BCUT2D eigenvalue weighted by Crippen LogP contribution is 2.35. The quantitative estimate of drug-likeness (QED) is 0.648. The molecule has 0 radical (unpaired) electrons. The Hall–Kier alpha value is -1.66. The van der Waals surface area contributed by atoms with E-state index in [9.17, 15) is 9.59 Å². The molecule has 0 unspecified atom stereocenters. The van der Waals surface area contributed by atoms with Crippen LogP contribution in [0.5, 0.6) is 0 Å². The molecule has 2 amide bonds. The summed E-state index contributed by atoms with van der Waals surface area (Å²) < 4.78 is 0. The number of nitrogens with zero attached hydrogens (tertiary/aromatic N) is 1. The highest BCUT2D eigenvalue weighted by Gasteiger charge is 2.35. The molecule has 8 heteroatoms. The van der Waals surface area contributed by atoms with Crippen molar-refractivity contribution in [1.82, 2.24) is 4.90 Å². The molecule has 0 saturated carbocycles. The number of anilines is 1. The van der Waals surface area contributed by atoms with Gasteiger partial charge in [-0.2, -0.15) is 0 Å². The maximum Gasteiger partial charge on any atom is 0.295 e. The molecule has 1 saturated heterocycles. The molecular formula is C17H11Cl3N2O2S. The van der Waals surface area contributed by atoms with Gasteiger partial charge in [0.1, 0.15) is 0 Å². The van der Waals surface area contributed by atoms with E-state index in [0.29, 0.717) is 26.3 Å². The summed E-state index contributed by atoms with van der Waals surface area (Å²) in [6.07, 6.45) is 1.53. The zero-order valence-corrected chi connectivity index (χ0v) is 15.7. The molecule has 0 aromatic heterocycles. The van der Waals surface area contributed by atoms with Gasteiger partial charge in [0.2, 0.25) is 0 Å². The first-order valence-electron chi connectivity index (χ1n) is 7.15. The lowest BCUT2D eigenvalue weighted by atomic mass is 10.2. The Morgan fingerprint density at radius 1 is 0.960 bits per heavy atom. The van der Waals surface area contributed by atoms with Crippen LogP contribution in [-0.2, 0) is 4.79 Å². The second kappa shape index (κ2) is 7.70. The van der Waals surface area contributed by atoms with Crippen molar-refractivity contribution in [3.8, 4) is 0 Å². The third-order valence-corrected chi connectivity index (χ3v) is 5.35. The van der Waals surface area contributed by atoms with Gasteiger partial charge in [-0.05, 0) is 42.1 Å². The van der Waals surface area contributed by atoms with E-state index in [2.05, 4.69) is 5.32 Å². The average molecular weight is 414 g/mol. The van der Waals surface area contributed by atoms with Crippen LogP contribution in [-0.4, -0.2) is 22.7 Å². The van der Waals surface area contributed by atoms with Crippen LogP contribution < -0.4 is 5.32 Å². The zero-order chi connectivity index (χ0) is 18.0. The summed E-state index contributed by atoms with van der Waals surface area (Å²) in [5.41, 5.74) is 1.15. The van der Waals surface area contributed by atoms with Crippen LogP contribution in [0.4, 0.5) is 10.5 Å². The van der Waals surface area contributed by atoms with E-state index < -0.39 is 5.91 Å². The van der Waals surface area contributed by atoms with Crippen molar-refractivity contribution >= 4 is 69.5 Å². The molecule has 1 N–H and O–H groups in total. The van der Waals surface area contributed by atoms with Crippen molar-refractivity contribution in [2.24, 2.45) is 0 Å². The maximum atomic E-state index is 12.5. The van der Waals surface area contributed by atoms with E-state index >= 15 is 0 Å². The minimum Gasteiger partial charge on any atom is -0.366 e. The molecular weight excluding hydrogens is 403 g/mol. The highest BCUT2D eigenvalue weighted by molar-refractivity contribution is 8.18. The number of thioether (sulfide) groups is 1. The summed E-state index contributed by atoms with van der Waals surface area (Å²) in [4.78, 5) is 26.0. The molecule has 3 rings (SSSR count). The van der Waals surface area contributed by atoms with Gasteiger partial charge >= 0.3 is 0 Å². The summed E-state index contributed by atoms with van der Waals surface area (Å²) in [5, 5.41) is 3.94. The number of amides is 2. The van der Waals surface area contributed by atoms with Crippen molar-refractivity contribution in [3.63, 3.8) is 0 Å². The predicted molar refractivity (Wildman–Crippen MR) is 104 cm³/mol. The number of hydrogen-bond acceptors (Lipinski definition) is 4. The number of carbonyl (C=O) groups excluding carboxylic acids is 2. The van der Waals surface area contributed by atoms with Crippen LogP contribution in [0, 0.1) is 0 Å². The fourth-order valence-corrected chi connectivity index (χ4v) is 3.71. The van der Waals surface area contributed by atoms with Gasteiger partial charge in [0.15, 0.2) is 0 Å². The van der Waals surface area contributed by atoms with E-state index in [1.165, 1.54) is 6.08 Å². The number of hydrogen-bond donors (Lipinski definition) is 1. The Bertz CT molecular complexity index is 866. The molecule has 2 aromatic carbocycles. The number of rotatable bonds is 4. The molecule has 0 spiro atoms. The first-order chi connectivity index (χ1) is 12.0. The Morgan fingerprint density at radius 3 is 2.28 bits per heavy atom. The van der Waals surface area contributed by atoms with Gasteiger partial charge in [-0.3, -0.25) is 14.5 Å². The largest absolute Gasteiger partial charge is 0.366 e. The molecule has 2 aromatic rings. The summed E-state index contributed by atoms with van der Waals surface area (Å²) >= 11 is 19.1. The van der Waals surface area contributed by atoms with E-state index in [-0.39, 0.29) is 16.8 Å². The van der Waals surface area contributed by atoms with Gasteiger partial charge in [-0.1, -0.05) is 53.0 Å². The maximum absolute atomic E-state index is 12.5. The summed E-state index contributed by atoms with van der Waals surface area (Å²) in [6.45, 7) is 0.0159. The average Bonchev–Trinajstić information content (AvgIpc) is 2.84. The van der Waals surface area contributed by atoms with Crippen molar-refractivity contribution in [1.29, 1.82) is 0 Å². The first kappa shape index (κ1) is 18.1. The number of benzene rings is 2. The van der Waals surface area contributed by atoms with Crippen molar-refractivity contribution in [2.45, 2.75) is 0 Å². The van der Waals surface area contributed by atoms with Crippen LogP contribution in [0.3, 0.4) is 0 Å². The van der Waals surface area contributed by atoms with Gasteiger partial charge in [-0.25, -0.2) is 0 Å². The summed E-state index contributed by atoms with van der Waals surface area (Å²) in [7, 11) is 0.